The number of hydrogen-bond donors (Lipinski definition) is 2. The number of piperidine rings is 1. The van der Waals surface area contributed by atoms with E-state index in [2.05, 4.69) is 26.6 Å². The van der Waals surface area contributed by atoms with Crippen LogP contribution in [0.15, 0.2) is 35.2 Å². The lowest BCUT2D eigenvalue weighted by atomic mass is 9.96. The Bertz CT molecular complexity index is 823. The molecule has 2 aromatic rings. The highest BCUT2D eigenvalue weighted by atomic mass is 32.1. The van der Waals surface area contributed by atoms with E-state index in [0.29, 0.717) is 24.6 Å². The van der Waals surface area contributed by atoms with Gasteiger partial charge in [0.05, 0.1) is 5.56 Å². The summed E-state index contributed by atoms with van der Waals surface area (Å²) in [5, 5.41) is 18.4. The van der Waals surface area contributed by atoms with Gasteiger partial charge in [-0.3, -0.25) is 9.59 Å². The number of carbonyl (C=O) groups is 2. The van der Waals surface area contributed by atoms with E-state index in [1.54, 1.807) is 29.7 Å². The molecule has 8 heteroatoms. The molecule has 0 radical (unpaired) electrons. The Kier molecular flexibility index (Phi) is 6.39. The summed E-state index contributed by atoms with van der Waals surface area (Å²) in [4.78, 5) is 30.2. The van der Waals surface area contributed by atoms with Crippen molar-refractivity contribution in [1.82, 2.24) is 15.6 Å². The number of carbonyl (C=O) groups excluding carboxylic acids is 2. The topological polar surface area (TPSA) is 98.1 Å². The van der Waals surface area contributed by atoms with Gasteiger partial charge in [-0.25, -0.2) is 4.98 Å². The number of pyridine rings is 1. The van der Waals surface area contributed by atoms with E-state index >= 15 is 0 Å². The van der Waals surface area contributed by atoms with Crippen molar-refractivity contribution in [2.24, 2.45) is 5.92 Å². The number of anilines is 1. The maximum Gasteiger partial charge on any atom is 0.309 e. The van der Waals surface area contributed by atoms with Crippen molar-refractivity contribution in [3.8, 4) is 6.07 Å². The van der Waals surface area contributed by atoms with Gasteiger partial charge in [-0.1, -0.05) is 0 Å². The standard InChI is InChI=1S/C19H21N5O2S/c20-10-16-2-1-6-21-17(16)24-7-3-14(4-8-24)11-22-18(25)19(26)23-12-15-5-9-27-13-15/h1-2,5-6,9,13-14H,3-4,7-8,11-12H2,(H,22,25)(H,23,26). The fourth-order valence-electron chi connectivity index (χ4n) is 3.06. The van der Waals surface area contributed by atoms with Gasteiger partial charge in [-0.2, -0.15) is 16.6 Å². The predicted octanol–water partition coefficient (Wildman–Crippen LogP) is 1.66. The Morgan fingerprint density at radius 2 is 2.04 bits per heavy atom. The molecule has 1 fully saturated rings. The van der Waals surface area contributed by atoms with Gasteiger partial charge in [-0.05, 0) is 53.3 Å². The molecule has 0 unspecified atom stereocenters. The van der Waals surface area contributed by atoms with Crippen molar-refractivity contribution in [3.05, 3.63) is 46.3 Å². The number of nitrogens with one attached hydrogen (secondary N) is 2. The SMILES string of the molecule is N#Cc1cccnc1N1CCC(CNC(=O)C(=O)NCc2ccsc2)CC1. The molecular formula is C19H21N5O2S. The van der Waals surface area contributed by atoms with Gasteiger partial charge >= 0.3 is 11.8 Å². The second kappa shape index (κ2) is 9.14. The van der Waals surface area contributed by atoms with Gasteiger partial charge < -0.3 is 15.5 Å². The predicted molar refractivity (Wildman–Crippen MR) is 103 cm³/mol. The lowest BCUT2D eigenvalue weighted by molar-refractivity contribution is -0.139. The summed E-state index contributed by atoms with van der Waals surface area (Å²) in [7, 11) is 0. The van der Waals surface area contributed by atoms with E-state index in [-0.39, 0.29) is 0 Å². The molecule has 2 N–H and O–H groups in total. The molecule has 0 aromatic carbocycles. The van der Waals surface area contributed by atoms with E-state index in [0.717, 1.165) is 37.3 Å². The lowest BCUT2D eigenvalue weighted by Gasteiger charge is -2.33. The van der Waals surface area contributed by atoms with Crippen LogP contribution in [0.5, 0.6) is 0 Å². The highest BCUT2D eigenvalue weighted by Gasteiger charge is 2.23. The highest BCUT2D eigenvalue weighted by Crippen LogP contribution is 2.23. The number of aromatic nitrogens is 1. The molecule has 2 amide bonds. The third-order valence-electron chi connectivity index (χ3n) is 4.61. The minimum absolute atomic E-state index is 0.309. The largest absolute Gasteiger partial charge is 0.356 e. The average molecular weight is 383 g/mol. The zero-order valence-electron chi connectivity index (χ0n) is 14.9. The Morgan fingerprint density at radius 1 is 1.26 bits per heavy atom. The van der Waals surface area contributed by atoms with Crippen LogP contribution in [0.2, 0.25) is 0 Å². The molecule has 0 spiro atoms. The van der Waals surface area contributed by atoms with Crippen molar-refractivity contribution >= 4 is 29.0 Å². The van der Waals surface area contributed by atoms with Gasteiger partial charge in [0, 0.05) is 32.4 Å². The van der Waals surface area contributed by atoms with E-state index in [9.17, 15) is 14.9 Å². The first-order valence-corrected chi connectivity index (χ1v) is 9.79. The lowest BCUT2D eigenvalue weighted by Crippen LogP contribution is -2.43. The van der Waals surface area contributed by atoms with Gasteiger partial charge in [-0.15, -0.1) is 0 Å². The first-order chi connectivity index (χ1) is 13.2. The summed E-state index contributed by atoms with van der Waals surface area (Å²) in [6.07, 6.45) is 3.44. The molecule has 1 aliphatic heterocycles. The smallest absolute Gasteiger partial charge is 0.309 e. The van der Waals surface area contributed by atoms with Crippen LogP contribution >= 0.6 is 11.3 Å². The van der Waals surface area contributed by atoms with Gasteiger partial charge in [0.1, 0.15) is 11.9 Å². The Morgan fingerprint density at radius 3 is 2.74 bits per heavy atom. The molecule has 2 aromatic heterocycles. The van der Waals surface area contributed by atoms with Crippen LogP contribution in [-0.4, -0.2) is 36.4 Å². The number of rotatable bonds is 5. The fraction of sp³-hybridized carbons (Fsp3) is 0.368. The fourth-order valence-corrected chi connectivity index (χ4v) is 3.73. The monoisotopic (exact) mass is 383 g/mol. The highest BCUT2D eigenvalue weighted by molar-refractivity contribution is 7.07. The molecule has 140 valence electrons. The van der Waals surface area contributed by atoms with E-state index in [4.69, 9.17) is 0 Å². The normalized spacial score (nSPS) is 14.4. The molecule has 0 aliphatic carbocycles. The zero-order valence-corrected chi connectivity index (χ0v) is 15.7. The average Bonchev–Trinajstić information content (AvgIpc) is 3.24. The quantitative estimate of drug-likeness (QED) is 0.765. The molecule has 0 saturated carbocycles. The van der Waals surface area contributed by atoms with Crippen LogP contribution in [0.3, 0.4) is 0 Å². The zero-order chi connectivity index (χ0) is 19.1. The van der Waals surface area contributed by atoms with Gasteiger partial charge in [0.15, 0.2) is 0 Å². The summed E-state index contributed by atoms with van der Waals surface area (Å²) in [5.74, 6) is -0.172. The second-order valence-corrected chi connectivity index (χ2v) is 7.22. The molecule has 7 nitrogen and oxygen atoms in total. The van der Waals surface area contributed by atoms with Crippen molar-refractivity contribution in [3.63, 3.8) is 0 Å². The number of nitriles is 1. The molecular weight excluding hydrogens is 362 g/mol. The Balaban J connectivity index is 1.41. The van der Waals surface area contributed by atoms with Crippen molar-refractivity contribution in [2.45, 2.75) is 19.4 Å². The molecule has 27 heavy (non-hydrogen) atoms. The summed E-state index contributed by atoms with van der Waals surface area (Å²) < 4.78 is 0. The molecule has 1 aliphatic rings. The minimum Gasteiger partial charge on any atom is -0.356 e. The Labute approximate surface area is 162 Å². The van der Waals surface area contributed by atoms with Crippen LogP contribution in [0.25, 0.3) is 0 Å². The summed E-state index contributed by atoms with van der Waals surface area (Å²) in [5.41, 5.74) is 1.56. The van der Waals surface area contributed by atoms with Gasteiger partial charge in [0.2, 0.25) is 0 Å². The van der Waals surface area contributed by atoms with Crippen LogP contribution in [0.1, 0.15) is 24.0 Å². The van der Waals surface area contributed by atoms with Crippen molar-refractivity contribution < 1.29 is 9.59 Å². The number of nitrogens with zero attached hydrogens (tertiary/aromatic N) is 3. The molecule has 3 heterocycles. The first kappa shape index (κ1) is 18.9. The van der Waals surface area contributed by atoms with Crippen LogP contribution in [0, 0.1) is 17.2 Å². The van der Waals surface area contributed by atoms with Crippen molar-refractivity contribution in [2.75, 3.05) is 24.5 Å². The summed E-state index contributed by atoms with van der Waals surface area (Å²) >= 11 is 1.55. The van der Waals surface area contributed by atoms with Crippen LogP contribution in [0.4, 0.5) is 5.82 Å². The van der Waals surface area contributed by atoms with E-state index in [1.807, 2.05) is 16.8 Å². The van der Waals surface area contributed by atoms with Crippen LogP contribution in [-0.2, 0) is 16.1 Å². The molecule has 0 atom stereocenters. The number of hydrogen-bond acceptors (Lipinski definition) is 6. The third-order valence-corrected chi connectivity index (χ3v) is 5.34. The minimum atomic E-state index is -0.606. The summed E-state index contributed by atoms with van der Waals surface area (Å²) in [6, 6.07) is 7.61. The molecule has 3 rings (SSSR count). The molecule has 1 saturated heterocycles. The number of amides is 2. The maximum atomic E-state index is 11.9. The third kappa shape index (κ3) is 5.05. The first-order valence-electron chi connectivity index (χ1n) is 8.84. The molecule has 0 bridgehead atoms. The Hall–Kier alpha value is -2.92. The number of thiophene rings is 1. The maximum absolute atomic E-state index is 11.9. The van der Waals surface area contributed by atoms with E-state index in [1.165, 1.54) is 0 Å². The van der Waals surface area contributed by atoms with E-state index < -0.39 is 11.8 Å². The summed E-state index contributed by atoms with van der Waals surface area (Å²) in [6.45, 7) is 2.39. The second-order valence-electron chi connectivity index (χ2n) is 6.44. The van der Waals surface area contributed by atoms with Gasteiger partial charge in [0.25, 0.3) is 0 Å². The van der Waals surface area contributed by atoms with Crippen molar-refractivity contribution in [1.29, 1.82) is 5.26 Å². The van der Waals surface area contributed by atoms with Crippen LogP contribution < -0.4 is 15.5 Å².